The van der Waals surface area contributed by atoms with Crippen molar-refractivity contribution in [2.75, 3.05) is 41.0 Å². The molecule has 0 spiro atoms. The summed E-state index contributed by atoms with van der Waals surface area (Å²) in [5.74, 6) is -1.59. The first kappa shape index (κ1) is 38.5. The number of likely N-dealkylation sites (N-methyl/N-ethyl adjacent to an activating group) is 1. The van der Waals surface area contributed by atoms with Gasteiger partial charge < -0.3 is 23.8 Å². The maximum absolute atomic E-state index is 12.5. The number of carboxylic acid groups (broad SMARTS) is 1. The predicted molar refractivity (Wildman–Crippen MR) is 165 cm³/mol. The second-order valence-corrected chi connectivity index (χ2v) is 11.3. The van der Waals surface area contributed by atoms with Gasteiger partial charge in [-0.15, -0.1) is 0 Å². The van der Waals surface area contributed by atoms with E-state index < -0.39 is 18.1 Å². The maximum atomic E-state index is 12.5. The smallest absolute Gasteiger partial charge is 0.362 e. The van der Waals surface area contributed by atoms with Crippen LogP contribution in [0.2, 0.25) is 0 Å². The standard InChI is InChI=1S/C33H57NO7/c1-6-8-10-12-14-15-16-18-20-22-24-32(36)41-29(27-39-26-25-30(33(37)38)34(3,4)5)28-40-31(35)23-21-19-17-13-11-9-7-2/h9,11-12,14,17,19,29-30H,6-8,10,13,15-16,18,20-28H2,1-5H3/p+1/b11-9+,14-12+,19-17+. The molecule has 236 valence electrons. The highest BCUT2D eigenvalue weighted by molar-refractivity contribution is 5.72. The lowest BCUT2D eigenvalue weighted by molar-refractivity contribution is -0.887. The van der Waals surface area contributed by atoms with Gasteiger partial charge in [-0.05, 0) is 44.9 Å². The molecule has 41 heavy (non-hydrogen) atoms. The van der Waals surface area contributed by atoms with Crippen LogP contribution in [-0.4, -0.2) is 80.6 Å². The fourth-order valence-electron chi connectivity index (χ4n) is 4.07. The van der Waals surface area contributed by atoms with Gasteiger partial charge in [0.2, 0.25) is 0 Å². The van der Waals surface area contributed by atoms with Crippen LogP contribution in [0.5, 0.6) is 0 Å². The normalized spacial score (nSPS) is 13.7. The van der Waals surface area contributed by atoms with E-state index in [9.17, 15) is 19.5 Å². The lowest BCUT2D eigenvalue weighted by Crippen LogP contribution is -2.50. The number of esters is 2. The van der Waals surface area contributed by atoms with E-state index >= 15 is 0 Å². The van der Waals surface area contributed by atoms with E-state index in [1.165, 1.54) is 12.8 Å². The third-order valence-corrected chi connectivity index (χ3v) is 6.54. The van der Waals surface area contributed by atoms with E-state index in [1.54, 1.807) is 0 Å². The molecule has 0 aliphatic carbocycles. The molecule has 0 aliphatic heterocycles. The summed E-state index contributed by atoms with van der Waals surface area (Å²) in [5.41, 5.74) is 0. The van der Waals surface area contributed by atoms with E-state index in [1.807, 2.05) is 33.3 Å². The molecule has 0 aliphatic rings. The number of aliphatic carboxylic acids is 1. The van der Waals surface area contributed by atoms with E-state index in [2.05, 4.69) is 38.2 Å². The lowest BCUT2D eigenvalue weighted by Gasteiger charge is -2.31. The van der Waals surface area contributed by atoms with Gasteiger partial charge in [-0.25, -0.2) is 4.79 Å². The largest absolute Gasteiger partial charge is 0.477 e. The molecular formula is C33H58NO7+. The summed E-state index contributed by atoms with van der Waals surface area (Å²) in [5, 5.41) is 9.51. The van der Waals surface area contributed by atoms with Crippen molar-refractivity contribution in [2.45, 2.75) is 116 Å². The highest BCUT2D eigenvalue weighted by Crippen LogP contribution is 2.11. The first-order chi connectivity index (χ1) is 19.6. The molecule has 8 heteroatoms. The average Bonchev–Trinajstić information content (AvgIpc) is 2.91. The number of allylic oxidation sites excluding steroid dienone is 6. The molecule has 0 aromatic rings. The van der Waals surface area contributed by atoms with Gasteiger partial charge in [0.25, 0.3) is 0 Å². The van der Waals surface area contributed by atoms with Crippen LogP contribution in [0, 0.1) is 0 Å². The van der Waals surface area contributed by atoms with Gasteiger partial charge in [0, 0.05) is 19.3 Å². The number of nitrogens with zero attached hydrogens (tertiary/aromatic N) is 1. The molecule has 0 saturated heterocycles. The Morgan fingerprint density at radius 2 is 1.41 bits per heavy atom. The van der Waals surface area contributed by atoms with Crippen molar-refractivity contribution in [1.29, 1.82) is 0 Å². The highest BCUT2D eigenvalue weighted by atomic mass is 16.6. The summed E-state index contributed by atoms with van der Waals surface area (Å²) in [7, 11) is 5.47. The van der Waals surface area contributed by atoms with Crippen LogP contribution >= 0.6 is 0 Å². The SMILES string of the molecule is CC/C=C/C/C=C/CCC(=O)OCC(COCCC(C(=O)O)[N+](C)(C)C)OC(=O)CCCCCC/C=C/CCCC. The average molecular weight is 581 g/mol. The first-order valence-electron chi connectivity index (χ1n) is 15.5. The minimum Gasteiger partial charge on any atom is -0.477 e. The van der Waals surface area contributed by atoms with Gasteiger partial charge in [-0.3, -0.25) is 9.59 Å². The number of carboxylic acids is 1. The second-order valence-electron chi connectivity index (χ2n) is 11.3. The van der Waals surface area contributed by atoms with Crippen molar-refractivity contribution >= 4 is 17.9 Å². The number of unbranched alkanes of at least 4 members (excludes halogenated alkanes) is 6. The Morgan fingerprint density at radius 3 is 2.07 bits per heavy atom. The molecule has 2 unspecified atom stereocenters. The Morgan fingerprint density at radius 1 is 0.756 bits per heavy atom. The number of rotatable bonds is 26. The Kier molecular flexibility index (Phi) is 23.8. The predicted octanol–water partition coefficient (Wildman–Crippen LogP) is 6.79. The monoisotopic (exact) mass is 580 g/mol. The highest BCUT2D eigenvalue weighted by Gasteiger charge is 2.31. The number of quaternary nitrogens is 1. The summed E-state index contributed by atoms with van der Waals surface area (Å²) in [6.07, 6.45) is 23.7. The fraction of sp³-hybridized carbons (Fsp3) is 0.727. The van der Waals surface area contributed by atoms with Gasteiger partial charge in [0.15, 0.2) is 12.1 Å². The zero-order valence-corrected chi connectivity index (χ0v) is 26.5. The molecule has 0 bridgehead atoms. The third kappa shape index (κ3) is 23.9. The van der Waals surface area contributed by atoms with Crippen molar-refractivity contribution in [3.05, 3.63) is 36.5 Å². The molecule has 0 aromatic heterocycles. The van der Waals surface area contributed by atoms with Gasteiger partial charge in [0.05, 0.1) is 34.4 Å². The first-order valence-corrected chi connectivity index (χ1v) is 15.5. The van der Waals surface area contributed by atoms with Crippen LogP contribution in [0.3, 0.4) is 0 Å². The molecule has 8 nitrogen and oxygen atoms in total. The van der Waals surface area contributed by atoms with E-state index in [-0.39, 0.29) is 42.7 Å². The molecule has 0 heterocycles. The molecule has 0 saturated carbocycles. The molecule has 2 atom stereocenters. The lowest BCUT2D eigenvalue weighted by atomic mass is 10.1. The van der Waals surface area contributed by atoms with Gasteiger partial charge in [-0.2, -0.15) is 0 Å². The topological polar surface area (TPSA) is 99.1 Å². The summed E-state index contributed by atoms with van der Waals surface area (Å²) in [6.45, 7) is 4.42. The molecule has 1 N–H and O–H groups in total. The molecule has 0 aromatic carbocycles. The van der Waals surface area contributed by atoms with E-state index in [0.717, 1.165) is 51.4 Å². The van der Waals surface area contributed by atoms with Crippen LogP contribution in [0.1, 0.15) is 104 Å². The molecule has 0 amide bonds. The van der Waals surface area contributed by atoms with Crippen molar-refractivity contribution in [1.82, 2.24) is 0 Å². The van der Waals surface area contributed by atoms with Crippen molar-refractivity contribution in [2.24, 2.45) is 0 Å². The Balaban J connectivity index is 4.61. The fourth-order valence-corrected chi connectivity index (χ4v) is 4.07. The Bertz CT molecular complexity index is 783. The zero-order chi connectivity index (χ0) is 30.8. The minimum absolute atomic E-state index is 0.0382. The van der Waals surface area contributed by atoms with E-state index in [4.69, 9.17) is 14.2 Å². The maximum Gasteiger partial charge on any atom is 0.362 e. The summed E-state index contributed by atoms with van der Waals surface area (Å²) < 4.78 is 16.9. The molecule has 0 rings (SSSR count). The minimum atomic E-state index is -0.888. The summed E-state index contributed by atoms with van der Waals surface area (Å²) in [6, 6.07) is -0.619. The molecular weight excluding hydrogens is 522 g/mol. The van der Waals surface area contributed by atoms with Crippen LogP contribution in [-0.2, 0) is 28.6 Å². The number of hydrogen-bond acceptors (Lipinski definition) is 6. The molecule has 0 fully saturated rings. The summed E-state index contributed by atoms with van der Waals surface area (Å²) >= 11 is 0. The van der Waals surface area contributed by atoms with Crippen LogP contribution in [0.25, 0.3) is 0 Å². The second kappa shape index (κ2) is 25.3. The van der Waals surface area contributed by atoms with Crippen molar-refractivity contribution in [3.8, 4) is 0 Å². The third-order valence-electron chi connectivity index (χ3n) is 6.54. The van der Waals surface area contributed by atoms with Crippen molar-refractivity contribution in [3.63, 3.8) is 0 Å². The van der Waals surface area contributed by atoms with Gasteiger partial charge in [-0.1, -0.05) is 76.0 Å². The van der Waals surface area contributed by atoms with Gasteiger partial charge in [0.1, 0.15) is 6.61 Å². The van der Waals surface area contributed by atoms with Gasteiger partial charge >= 0.3 is 17.9 Å². The van der Waals surface area contributed by atoms with Crippen LogP contribution in [0.4, 0.5) is 0 Å². The van der Waals surface area contributed by atoms with Crippen molar-refractivity contribution < 1.29 is 38.2 Å². The summed E-state index contributed by atoms with van der Waals surface area (Å²) in [4.78, 5) is 36.3. The number of ether oxygens (including phenoxy) is 3. The van der Waals surface area contributed by atoms with Crippen LogP contribution < -0.4 is 0 Å². The number of hydrogen-bond donors (Lipinski definition) is 1. The number of carbonyl (C=O) groups is 3. The zero-order valence-electron chi connectivity index (χ0n) is 26.5. The number of carbonyl (C=O) groups excluding carboxylic acids is 2. The Hall–Kier alpha value is -2.45. The van der Waals surface area contributed by atoms with E-state index in [0.29, 0.717) is 19.3 Å². The Labute approximate surface area is 249 Å². The molecule has 0 radical (unpaired) electrons. The van der Waals surface area contributed by atoms with Crippen LogP contribution in [0.15, 0.2) is 36.5 Å². The quantitative estimate of drug-likeness (QED) is 0.0521.